The fraction of sp³-hybridized carbons (Fsp3) is 0.458. The standard InChI is InChI=1S/C24H33N7O6S/c1-29-21-20(23(34)30(2)24(29)35)31(16-28-21)15-19(32)26-13-7-5-3-4-6-8-14-27-22(33)17-9-11-18(12-10-17)38(25,36)37/h9-12,16H,3-8,13-15H2,1-2H3,(H,26,32)(H,27,33)(H2,25,36,37). The quantitative estimate of drug-likeness (QED) is 0.251. The van der Waals surface area contributed by atoms with E-state index in [1.165, 1.54) is 53.8 Å². The molecule has 0 unspecified atom stereocenters. The molecule has 0 spiro atoms. The number of aromatic nitrogens is 4. The zero-order valence-electron chi connectivity index (χ0n) is 21.5. The summed E-state index contributed by atoms with van der Waals surface area (Å²) in [5.41, 5.74) is -0.150. The smallest absolute Gasteiger partial charge is 0.332 e. The van der Waals surface area contributed by atoms with Gasteiger partial charge in [-0.3, -0.25) is 23.5 Å². The normalized spacial score (nSPS) is 11.6. The third kappa shape index (κ3) is 7.16. The van der Waals surface area contributed by atoms with Gasteiger partial charge in [-0.15, -0.1) is 0 Å². The van der Waals surface area contributed by atoms with Crippen molar-refractivity contribution in [3.8, 4) is 0 Å². The largest absolute Gasteiger partial charge is 0.355 e. The molecule has 13 nitrogen and oxygen atoms in total. The van der Waals surface area contributed by atoms with Crippen LogP contribution in [0.3, 0.4) is 0 Å². The number of amides is 2. The minimum absolute atomic E-state index is 0.0401. The Hall–Kier alpha value is -3.78. The number of carbonyl (C=O) groups is 2. The number of nitrogens with two attached hydrogens (primary N) is 1. The van der Waals surface area contributed by atoms with Gasteiger partial charge in [-0.1, -0.05) is 25.7 Å². The maximum Gasteiger partial charge on any atom is 0.332 e. The van der Waals surface area contributed by atoms with E-state index < -0.39 is 21.3 Å². The van der Waals surface area contributed by atoms with Crippen LogP contribution in [-0.2, 0) is 35.5 Å². The number of nitrogens with zero attached hydrogens (tertiary/aromatic N) is 4. The van der Waals surface area contributed by atoms with Crippen LogP contribution in [0.5, 0.6) is 0 Å². The van der Waals surface area contributed by atoms with Gasteiger partial charge in [-0.25, -0.2) is 23.3 Å². The molecule has 2 aromatic heterocycles. The Morgan fingerprint density at radius 3 is 2.08 bits per heavy atom. The fourth-order valence-electron chi connectivity index (χ4n) is 4.01. The zero-order chi connectivity index (χ0) is 27.9. The number of carbonyl (C=O) groups excluding carboxylic acids is 2. The first-order valence-electron chi connectivity index (χ1n) is 12.3. The topological polar surface area (TPSA) is 180 Å². The summed E-state index contributed by atoms with van der Waals surface area (Å²) in [5.74, 6) is -0.509. The number of sulfonamides is 1. The van der Waals surface area contributed by atoms with Gasteiger partial charge in [0.25, 0.3) is 11.5 Å². The molecule has 0 atom stereocenters. The molecule has 0 radical (unpaired) electrons. The van der Waals surface area contributed by atoms with Crippen LogP contribution in [0.1, 0.15) is 48.9 Å². The van der Waals surface area contributed by atoms with Crippen molar-refractivity contribution in [3.05, 3.63) is 57.0 Å². The molecule has 14 heteroatoms. The number of hydrogen-bond donors (Lipinski definition) is 3. The lowest BCUT2D eigenvalue weighted by molar-refractivity contribution is -0.121. The predicted molar refractivity (Wildman–Crippen MR) is 141 cm³/mol. The average molecular weight is 548 g/mol. The van der Waals surface area contributed by atoms with Gasteiger partial charge in [0.2, 0.25) is 15.9 Å². The molecule has 2 amide bonds. The molecular weight excluding hydrogens is 514 g/mol. The van der Waals surface area contributed by atoms with Gasteiger partial charge in [0.15, 0.2) is 11.2 Å². The van der Waals surface area contributed by atoms with Crippen molar-refractivity contribution in [1.82, 2.24) is 29.3 Å². The van der Waals surface area contributed by atoms with Gasteiger partial charge >= 0.3 is 5.69 Å². The molecule has 2 heterocycles. The van der Waals surface area contributed by atoms with Gasteiger partial charge in [-0.05, 0) is 37.1 Å². The van der Waals surface area contributed by atoms with E-state index in [-0.39, 0.29) is 34.4 Å². The average Bonchev–Trinajstić information content (AvgIpc) is 3.30. The number of rotatable bonds is 13. The highest BCUT2D eigenvalue weighted by atomic mass is 32.2. The van der Waals surface area contributed by atoms with Crippen molar-refractivity contribution < 1.29 is 18.0 Å². The third-order valence-electron chi connectivity index (χ3n) is 6.19. The lowest BCUT2D eigenvalue weighted by atomic mass is 10.1. The number of benzene rings is 1. The Labute approximate surface area is 219 Å². The molecule has 4 N–H and O–H groups in total. The molecular formula is C24H33N7O6S. The highest BCUT2D eigenvalue weighted by molar-refractivity contribution is 7.89. The molecule has 0 bridgehead atoms. The number of aryl methyl sites for hydroxylation is 1. The Morgan fingerprint density at radius 1 is 0.895 bits per heavy atom. The molecule has 3 aromatic rings. The second-order valence-corrected chi connectivity index (χ2v) is 10.6. The summed E-state index contributed by atoms with van der Waals surface area (Å²) in [6.07, 6.45) is 6.91. The third-order valence-corrected chi connectivity index (χ3v) is 7.12. The highest BCUT2D eigenvalue weighted by Crippen LogP contribution is 2.09. The zero-order valence-corrected chi connectivity index (χ0v) is 22.3. The number of hydrogen-bond acceptors (Lipinski definition) is 7. The summed E-state index contributed by atoms with van der Waals surface area (Å²) >= 11 is 0. The van der Waals surface area contributed by atoms with Crippen molar-refractivity contribution in [3.63, 3.8) is 0 Å². The monoisotopic (exact) mass is 547 g/mol. The first-order chi connectivity index (χ1) is 18.0. The van der Waals surface area contributed by atoms with Crippen LogP contribution in [0, 0.1) is 0 Å². The minimum Gasteiger partial charge on any atom is -0.355 e. The summed E-state index contributed by atoms with van der Waals surface area (Å²) in [5, 5.41) is 10.7. The summed E-state index contributed by atoms with van der Waals surface area (Å²) in [6, 6.07) is 5.46. The van der Waals surface area contributed by atoms with E-state index in [9.17, 15) is 27.6 Å². The van der Waals surface area contributed by atoms with Gasteiger partial charge in [0.1, 0.15) is 6.54 Å². The van der Waals surface area contributed by atoms with Crippen molar-refractivity contribution in [2.75, 3.05) is 13.1 Å². The molecule has 0 saturated heterocycles. The minimum atomic E-state index is -3.79. The Balaban J connectivity index is 1.27. The number of fused-ring (bicyclic) bond motifs is 1. The van der Waals surface area contributed by atoms with Crippen molar-refractivity contribution in [2.45, 2.75) is 50.0 Å². The number of imidazole rings is 1. The second kappa shape index (κ2) is 12.6. The molecule has 0 aliphatic rings. The molecule has 0 fully saturated rings. The van der Waals surface area contributed by atoms with Crippen molar-refractivity contribution in [1.29, 1.82) is 0 Å². The van der Waals surface area contributed by atoms with Gasteiger partial charge in [0, 0.05) is 32.7 Å². The van der Waals surface area contributed by atoms with Crippen LogP contribution in [-0.4, -0.2) is 52.0 Å². The molecule has 0 aliphatic heterocycles. The van der Waals surface area contributed by atoms with Crippen molar-refractivity contribution >= 4 is 33.0 Å². The fourth-order valence-corrected chi connectivity index (χ4v) is 4.53. The summed E-state index contributed by atoms with van der Waals surface area (Å²) in [4.78, 5) is 53.0. The predicted octanol–water partition coefficient (Wildman–Crippen LogP) is -0.0321. The molecule has 1 aromatic carbocycles. The number of nitrogens with one attached hydrogen (secondary N) is 2. The first-order valence-corrected chi connectivity index (χ1v) is 13.8. The summed E-state index contributed by atoms with van der Waals surface area (Å²) in [6.45, 7) is 0.972. The van der Waals surface area contributed by atoms with E-state index in [0.717, 1.165) is 43.1 Å². The van der Waals surface area contributed by atoms with Crippen molar-refractivity contribution in [2.24, 2.45) is 19.2 Å². The molecule has 0 aliphatic carbocycles. The van der Waals surface area contributed by atoms with Gasteiger partial charge in [0.05, 0.1) is 11.2 Å². The Bertz CT molecular complexity index is 1520. The second-order valence-electron chi connectivity index (χ2n) is 9.05. The SMILES string of the molecule is Cn1c(=O)c2c(ncn2CC(=O)NCCCCCCCCNC(=O)c2ccc(S(N)(=O)=O)cc2)n(C)c1=O. The van der Waals surface area contributed by atoms with Gasteiger partial charge < -0.3 is 15.2 Å². The molecule has 206 valence electrons. The van der Waals surface area contributed by atoms with Crippen LogP contribution in [0.4, 0.5) is 0 Å². The van der Waals surface area contributed by atoms with Gasteiger partial charge in [-0.2, -0.15) is 0 Å². The lowest BCUT2D eigenvalue weighted by Crippen LogP contribution is -2.38. The Kier molecular flexibility index (Phi) is 9.58. The number of unbranched alkanes of at least 4 members (excludes halogenated alkanes) is 5. The maximum atomic E-state index is 12.4. The van der Waals surface area contributed by atoms with E-state index in [1.807, 2.05) is 0 Å². The van der Waals surface area contributed by atoms with Crippen LogP contribution in [0.15, 0.2) is 45.1 Å². The highest BCUT2D eigenvalue weighted by Gasteiger charge is 2.16. The van der Waals surface area contributed by atoms with Crippen LogP contribution < -0.4 is 27.0 Å². The van der Waals surface area contributed by atoms with Crippen LogP contribution >= 0.6 is 0 Å². The lowest BCUT2D eigenvalue weighted by Gasteiger charge is -2.08. The molecule has 3 rings (SSSR count). The van der Waals surface area contributed by atoms with Crippen LogP contribution in [0.25, 0.3) is 11.2 Å². The van der Waals surface area contributed by atoms with E-state index in [1.54, 1.807) is 0 Å². The Morgan fingerprint density at radius 2 is 1.47 bits per heavy atom. The first kappa shape index (κ1) is 28.8. The molecule has 38 heavy (non-hydrogen) atoms. The van der Waals surface area contributed by atoms with E-state index in [4.69, 9.17) is 5.14 Å². The van der Waals surface area contributed by atoms with E-state index in [0.29, 0.717) is 18.7 Å². The summed E-state index contributed by atoms with van der Waals surface area (Å²) in [7, 11) is -0.872. The summed E-state index contributed by atoms with van der Waals surface area (Å²) < 4.78 is 26.3. The van der Waals surface area contributed by atoms with E-state index >= 15 is 0 Å². The van der Waals surface area contributed by atoms with E-state index in [2.05, 4.69) is 15.6 Å². The van der Waals surface area contributed by atoms with Crippen LogP contribution in [0.2, 0.25) is 0 Å². The number of primary sulfonamides is 1. The molecule has 0 saturated carbocycles. The maximum absolute atomic E-state index is 12.4.